The molecule has 0 unspecified atom stereocenters. The maximum atomic E-state index is 13.3. The molecule has 1 fully saturated rings. The van der Waals surface area contributed by atoms with Crippen LogP contribution in [0.1, 0.15) is 12.8 Å². The van der Waals surface area contributed by atoms with E-state index in [0.717, 1.165) is 22.1 Å². The number of aromatic nitrogens is 1. The predicted molar refractivity (Wildman–Crippen MR) is 134 cm³/mol. The van der Waals surface area contributed by atoms with Crippen molar-refractivity contribution >= 4 is 42.2 Å². The molecule has 33 heavy (non-hydrogen) atoms. The number of sulfone groups is 1. The lowest BCUT2D eigenvalue weighted by molar-refractivity contribution is 0.395. The first-order valence-electron chi connectivity index (χ1n) is 10.4. The average molecular weight is 554 g/mol. The first-order chi connectivity index (χ1) is 15.9. The molecule has 3 aromatic rings. The molecule has 0 bridgehead atoms. The van der Waals surface area contributed by atoms with E-state index >= 15 is 0 Å². The highest BCUT2D eigenvalue weighted by molar-refractivity contribution is 9.10. The van der Waals surface area contributed by atoms with Gasteiger partial charge in [0, 0.05) is 34.6 Å². The SMILES string of the molecule is COc1ccc(-c2csc(N3CCC(S(=O)(=O)c4cc(Br)ccc4OC)CC3)n2)c(OC)c1. The monoisotopic (exact) mass is 552 g/mol. The number of anilines is 1. The van der Waals surface area contributed by atoms with Crippen LogP contribution in [0.5, 0.6) is 17.2 Å². The van der Waals surface area contributed by atoms with Crippen molar-refractivity contribution in [2.24, 2.45) is 0 Å². The van der Waals surface area contributed by atoms with Crippen LogP contribution in [-0.4, -0.2) is 53.1 Å². The second-order valence-corrected chi connectivity index (χ2v) is 11.6. The van der Waals surface area contributed by atoms with Crippen molar-refractivity contribution in [3.8, 4) is 28.5 Å². The number of hydrogen-bond donors (Lipinski definition) is 0. The quantitative estimate of drug-likeness (QED) is 0.406. The minimum absolute atomic E-state index is 0.237. The minimum atomic E-state index is -3.51. The third-order valence-electron chi connectivity index (χ3n) is 5.76. The second-order valence-electron chi connectivity index (χ2n) is 7.61. The zero-order valence-corrected chi connectivity index (χ0v) is 21.8. The van der Waals surface area contributed by atoms with E-state index in [9.17, 15) is 8.42 Å². The van der Waals surface area contributed by atoms with E-state index in [1.54, 1.807) is 43.8 Å². The van der Waals surface area contributed by atoms with Gasteiger partial charge >= 0.3 is 0 Å². The Labute approximate surface area is 206 Å². The van der Waals surface area contributed by atoms with Gasteiger partial charge in [0.15, 0.2) is 15.0 Å². The van der Waals surface area contributed by atoms with E-state index in [1.165, 1.54) is 7.11 Å². The number of hydrogen-bond acceptors (Lipinski definition) is 8. The molecule has 1 aliphatic heterocycles. The highest BCUT2D eigenvalue weighted by Crippen LogP contribution is 2.38. The lowest BCUT2D eigenvalue weighted by Crippen LogP contribution is -2.39. The van der Waals surface area contributed by atoms with E-state index in [2.05, 4.69) is 20.8 Å². The Kier molecular flexibility index (Phi) is 7.16. The van der Waals surface area contributed by atoms with E-state index in [-0.39, 0.29) is 4.90 Å². The maximum absolute atomic E-state index is 13.3. The number of piperidine rings is 1. The molecular formula is C23H25BrN2O5S2. The Bertz CT molecular complexity index is 1240. The van der Waals surface area contributed by atoms with Gasteiger partial charge in [0.1, 0.15) is 22.1 Å². The molecular weight excluding hydrogens is 528 g/mol. The van der Waals surface area contributed by atoms with Crippen LogP contribution in [0.25, 0.3) is 11.3 Å². The molecule has 0 radical (unpaired) electrons. The first kappa shape index (κ1) is 23.8. The van der Waals surface area contributed by atoms with Crippen molar-refractivity contribution in [1.29, 1.82) is 0 Å². The Balaban J connectivity index is 1.50. The lowest BCUT2D eigenvalue weighted by Gasteiger charge is -2.31. The fraction of sp³-hybridized carbons (Fsp3) is 0.348. The molecule has 0 spiro atoms. The second kappa shape index (κ2) is 9.90. The summed E-state index contributed by atoms with van der Waals surface area (Å²) in [5.41, 5.74) is 1.71. The van der Waals surface area contributed by atoms with Crippen molar-refractivity contribution in [3.63, 3.8) is 0 Å². The van der Waals surface area contributed by atoms with Crippen LogP contribution in [0, 0.1) is 0 Å². The topological polar surface area (TPSA) is 78.0 Å². The zero-order valence-electron chi connectivity index (χ0n) is 18.6. The van der Waals surface area contributed by atoms with Gasteiger partial charge < -0.3 is 19.1 Å². The summed E-state index contributed by atoms with van der Waals surface area (Å²) in [5, 5.41) is 2.41. The van der Waals surface area contributed by atoms with Crippen LogP contribution in [0.2, 0.25) is 0 Å². The summed E-state index contributed by atoms with van der Waals surface area (Å²) in [7, 11) is 1.21. The third kappa shape index (κ3) is 4.83. The Morgan fingerprint density at radius 2 is 1.73 bits per heavy atom. The van der Waals surface area contributed by atoms with Gasteiger partial charge in [-0.25, -0.2) is 13.4 Å². The third-order valence-corrected chi connectivity index (χ3v) is 9.44. The largest absolute Gasteiger partial charge is 0.497 e. The summed E-state index contributed by atoms with van der Waals surface area (Å²) in [5.74, 6) is 1.79. The summed E-state index contributed by atoms with van der Waals surface area (Å²) in [4.78, 5) is 7.18. The number of methoxy groups -OCH3 is 3. The predicted octanol–water partition coefficient (Wildman–Crippen LogP) is 5.04. The van der Waals surface area contributed by atoms with Crippen molar-refractivity contribution in [1.82, 2.24) is 4.98 Å². The molecule has 1 saturated heterocycles. The van der Waals surface area contributed by atoms with Gasteiger partial charge in [-0.15, -0.1) is 11.3 Å². The molecule has 2 aromatic carbocycles. The van der Waals surface area contributed by atoms with Crippen LogP contribution in [-0.2, 0) is 9.84 Å². The highest BCUT2D eigenvalue weighted by Gasteiger charge is 2.34. The molecule has 0 aliphatic carbocycles. The van der Waals surface area contributed by atoms with Crippen molar-refractivity contribution in [3.05, 3.63) is 46.3 Å². The van der Waals surface area contributed by atoms with Crippen LogP contribution < -0.4 is 19.1 Å². The highest BCUT2D eigenvalue weighted by atomic mass is 79.9. The maximum Gasteiger partial charge on any atom is 0.185 e. The van der Waals surface area contributed by atoms with E-state index in [4.69, 9.17) is 19.2 Å². The first-order valence-corrected chi connectivity index (χ1v) is 13.6. The number of nitrogens with zero attached hydrogens (tertiary/aromatic N) is 2. The Morgan fingerprint density at radius 1 is 1.00 bits per heavy atom. The van der Waals surface area contributed by atoms with Crippen LogP contribution in [0.3, 0.4) is 0 Å². The molecule has 0 atom stereocenters. The number of halogens is 1. The summed E-state index contributed by atoms with van der Waals surface area (Å²) >= 11 is 4.92. The van der Waals surface area contributed by atoms with Crippen LogP contribution in [0.4, 0.5) is 5.13 Å². The zero-order chi connectivity index (χ0) is 23.6. The van der Waals surface area contributed by atoms with E-state index < -0.39 is 15.1 Å². The van der Waals surface area contributed by atoms with Crippen molar-refractivity contribution in [2.75, 3.05) is 39.3 Å². The number of benzene rings is 2. The van der Waals surface area contributed by atoms with Gasteiger partial charge in [0.05, 0.1) is 32.3 Å². The molecule has 4 rings (SSSR count). The number of ether oxygens (including phenoxy) is 3. The van der Waals surface area contributed by atoms with Crippen LogP contribution in [0.15, 0.2) is 51.1 Å². The van der Waals surface area contributed by atoms with Crippen molar-refractivity contribution in [2.45, 2.75) is 23.0 Å². The number of thiazole rings is 1. The molecule has 10 heteroatoms. The summed E-state index contributed by atoms with van der Waals surface area (Å²) in [6.45, 7) is 1.24. The molecule has 176 valence electrons. The van der Waals surface area contributed by atoms with E-state index in [1.807, 2.05) is 23.6 Å². The van der Waals surface area contributed by atoms with Gasteiger partial charge in [0.2, 0.25) is 0 Å². The van der Waals surface area contributed by atoms with Gasteiger partial charge in [-0.1, -0.05) is 15.9 Å². The Morgan fingerprint density at radius 3 is 2.39 bits per heavy atom. The van der Waals surface area contributed by atoms with Crippen LogP contribution >= 0.6 is 27.3 Å². The van der Waals surface area contributed by atoms with Gasteiger partial charge in [-0.2, -0.15) is 0 Å². The smallest absolute Gasteiger partial charge is 0.185 e. The summed E-state index contributed by atoms with van der Waals surface area (Å²) in [6.07, 6.45) is 1.05. The van der Waals surface area contributed by atoms with Gasteiger partial charge in [-0.3, -0.25) is 0 Å². The standard InChI is InChI=1S/C23H25BrN2O5S2/c1-29-16-5-6-18(21(13-16)31-3)19-14-32-23(25-19)26-10-8-17(9-11-26)33(27,28)22-12-15(24)4-7-20(22)30-2/h4-7,12-14,17H,8-11H2,1-3H3. The molecule has 2 heterocycles. The molecule has 0 saturated carbocycles. The number of rotatable bonds is 7. The van der Waals surface area contributed by atoms with Gasteiger partial charge in [0.25, 0.3) is 0 Å². The average Bonchev–Trinajstić information content (AvgIpc) is 3.33. The lowest BCUT2D eigenvalue weighted by atomic mass is 10.1. The van der Waals surface area contributed by atoms with Crippen molar-refractivity contribution < 1.29 is 22.6 Å². The Hall–Kier alpha value is -2.30. The fourth-order valence-electron chi connectivity index (χ4n) is 3.95. The minimum Gasteiger partial charge on any atom is -0.497 e. The molecule has 0 N–H and O–H groups in total. The molecule has 1 aromatic heterocycles. The summed E-state index contributed by atoms with van der Waals surface area (Å²) in [6, 6.07) is 10.7. The fourth-order valence-corrected chi connectivity index (χ4v) is 7.26. The van der Waals surface area contributed by atoms with Gasteiger partial charge in [-0.05, 0) is 43.2 Å². The molecule has 0 amide bonds. The summed E-state index contributed by atoms with van der Waals surface area (Å²) < 4.78 is 43.4. The molecule has 1 aliphatic rings. The normalized spacial score (nSPS) is 14.8. The van der Waals surface area contributed by atoms with E-state index in [0.29, 0.717) is 41.9 Å². The molecule has 7 nitrogen and oxygen atoms in total.